The summed E-state index contributed by atoms with van der Waals surface area (Å²) >= 11 is 0. The number of hydrogen-bond donors (Lipinski definition) is 1. The molecule has 1 fully saturated rings. The molecule has 1 N–H and O–H groups in total. The molecule has 2 rings (SSSR count). The van der Waals surface area contributed by atoms with Gasteiger partial charge in [0.2, 0.25) is 0 Å². The predicted molar refractivity (Wildman–Crippen MR) is 77.4 cm³/mol. The molecule has 4 heteroatoms. The maximum Gasteiger partial charge on any atom is 0.309 e. The average molecular weight is 275 g/mol. The lowest BCUT2D eigenvalue weighted by Gasteiger charge is -2.13. The van der Waals surface area contributed by atoms with E-state index in [0.29, 0.717) is 11.8 Å². The van der Waals surface area contributed by atoms with E-state index < -0.39 is 0 Å². The maximum atomic E-state index is 11.8. The van der Waals surface area contributed by atoms with E-state index in [1.807, 2.05) is 31.2 Å². The van der Waals surface area contributed by atoms with Crippen molar-refractivity contribution in [1.29, 1.82) is 0 Å². The number of para-hydroxylation sites is 1. The van der Waals surface area contributed by atoms with E-state index in [1.54, 1.807) is 0 Å². The van der Waals surface area contributed by atoms with Gasteiger partial charge in [-0.15, -0.1) is 0 Å². The standard InChI is InChI=1S/C16H21NO3/c1-10(2)12-6-4-5-7-14(12)17-15(18)9-20-16(19)13-8-11(13)3/h4-7,10-11,13H,8-9H2,1-3H3,(H,17,18)/t11-,13-/m0/s1. The van der Waals surface area contributed by atoms with Crippen LogP contribution in [0.5, 0.6) is 0 Å². The Balaban J connectivity index is 1.87. The van der Waals surface area contributed by atoms with Crippen LogP contribution in [0.2, 0.25) is 0 Å². The first-order valence-electron chi connectivity index (χ1n) is 7.04. The molecular formula is C16H21NO3. The first-order valence-corrected chi connectivity index (χ1v) is 7.04. The lowest BCUT2D eigenvalue weighted by atomic mass is 10.0. The molecule has 0 heterocycles. The molecule has 2 atom stereocenters. The van der Waals surface area contributed by atoms with Crippen molar-refractivity contribution in [1.82, 2.24) is 0 Å². The number of rotatable bonds is 5. The molecule has 0 bridgehead atoms. The lowest BCUT2D eigenvalue weighted by molar-refractivity contribution is -0.148. The third-order valence-electron chi connectivity index (χ3n) is 3.61. The highest BCUT2D eigenvalue weighted by Crippen LogP contribution is 2.38. The van der Waals surface area contributed by atoms with Gasteiger partial charge in [-0.1, -0.05) is 39.0 Å². The number of anilines is 1. The molecule has 1 amide bonds. The van der Waals surface area contributed by atoms with Crippen molar-refractivity contribution in [2.75, 3.05) is 11.9 Å². The summed E-state index contributed by atoms with van der Waals surface area (Å²) in [5.74, 6) is 0.156. The molecule has 1 aliphatic carbocycles. The van der Waals surface area contributed by atoms with Crippen LogP contribution in [0.3, 0.4) is 0 Å². The van der Waals surface area contributed by atoms with Crippen molar-refractivity contribution in [3.63, 3.8) is 0 Å². The smallest absolute Gasteiger partial charge is 0.309 e. The molecule has 4 nitrogen and oxygen atoms in total. The second kappa shape index (κ2) is 6.07. The molecule has 20 heavy (non-hydrogen) atoms. The van der Waals surface area contributed by atoms with E-state index in [1.165, 1.54) is 0 Å². The van der Waals surface area contributed by atoms with Crippen molar-refractivity contribution in [3.05, 3.63) is 29.8 Å². The van der Waals surface area contributed by atoms with Crippen LogP contribution in [0.1, 0.15) is 38.7 Å². The van der Waals surface area contributed by atoms with Gasteiger partial charge in [0.15, 0.2) is 6.61 Å². The van der Waals surface area contributed by atoms with Crippen LogP contribution in [0.25, 0.3) is 0 Å². The number of amides is 1. The molecule has 0 unspecified atom stereocenters. The summed E-state index contributed by atoms with van der Waals surface area (Å²) in [6, 6.07) is 7.66. The van der Waals surface area contributed by atoms with Crippen LogP contribution in [0, 0.1) is 11.8 Å². The lowest BCUT2D eigenvalue weighted by Crippen LogP contribution is -2.22. The highest BCUT2D eigenvalue weighted by atomic mass is 16.5. The van der Waals surface area contributed by atoms with Gasteiger partial charge in [-0.05, 0) is 29.9 Å². The number of nitrogens with one attached hydrogen (secondary N) is 1. The number of ether oxygens (including phenoxy) is 1. The number of esters is 1. The minimum atomic E-state index is -0.292. The van der Waals surface area contributed by atoms with Gasteiger partial charge in [0, 0.05) is 5.69 Å². The minimum absolute atomic E-state index is 0.00856. The van der Waals surface area contributed by atoms with Gasteiger partial charge in [0.05, 0.1) is 5.92 Å². The Morgan fingerprint density at radius 3 is 2.60 bits per heavy atom. The van der Waals surface area contributed by atoms with Gasteiger partial charge in [-0.2, -0.15) is 0 Å². The number of benzene rings is 1. The van der Waals surface area contributed by atoms with Crippen molar-refractivity contribution < 1.29 is 14.3 Å². The largest absolute Gasteiger partial charge is 0.455 e. The highest BCUT2D eigenvalue weighted by Gasteiger charge is 2.40. The molecule has 1 saturated carbocycles. The molecule has 0 saturated heterocycles. The monoisotopic (exact) mass is 275 g/mol. The summed E-state index contributed by atoms with van der Waals surface area (Å²) in [6.45, 7) is 5.93. The molecule has 0 aliphatic heterocycles. The minimum Gasteiger partial charge on any atom is -0.455 e. The fourth-order valence-electron chi connectivity index (χ4n) is 2.19. The van der Waals surface area contributed by atoms with Gasteiger partial charge in [-0.3, -0.25) is 9.59 Å². The number of hydrogen-bond acceptors (Lipinski definition) is 3. The van der Waals surface area contributed by atoms with Gasteiger partial charge < -0.3 is 10.1 Å². The topological polar surface area (TPSA) is 55.4 Å². The Morgan fingerprint density at radius 1 is 1.35 bits per heavy atom. The van der Waals surface area contributed by atoms with E-state index in [9.17, 15) is 9.59 Å². The number of carbonyl (C=O) groups is 2. The fourth-order valence-corrected chi connectivity index (χ4v) is 2.19. The Labute approximate surface area is 119 Å². The quantitative estimate of drug-likeness (QED) is 0.841. The van der Waals surface area contributed by atoms with E-state index >= 15 is 0 Å². The average Bonchev–Trinajstić information content (AvgIpc) is 3.13. The third-order valence-corrected chi connectivity index (χ3v) is 3.61. The van der Waals surface area contributed by atoms with Crippen molar-refractivity contribution >= 4 is 17.6 Å². The zero-order valence-corrected chi connectivity index (χ0v) is 12.2. The normalized spacial score (nSPS) is 20.6. The van der Waals surface area contributed by atoms with Gasteiger partial charge in [0.1, 0.15) is 0 Å². The van der Waals surface area contributed by atoms with Crippen LogP contribution < -0.4 is 5.32 Å². The maximum absolute atomic E-state index is 11.8. The first kappa shape index (κ1) is 14.6. The highest BCUT2D eigenvalue weighted by molar-refractivity contribution is 5.93. The van der Waals surface area contributed by atoms with Crippen LogP contribution in [-0.4, -0.2) is 18.5 Å². The van der Waals surface area contributed by atoms with Gasteiger partial charge in [0.25, 0.3) is 5.91 Å². The third kappa shape index (κ3) is 3.59. The summed E-state index contributed by atoms with van der Waals surface area (Å²) in [5, 5.41) is 2.80. The van der Waals surface area contributed by atoms with Crippen molar-refractivity contribution in [3.8, 4) is 0 Å². The van der Waals surface area contributed by atoms with Crippen LogP contribution in [0.4, 0.5) is 5.69 Å². The Bertz CT molecular complexity index is 510. The molecule has 1 aliphatic rings. The van der Waals surface area contributed by atoms with E-state index in [0.717, 1.165) is 17.7 Å². The summed E-state index contributed by atoms with van der Waals surface area (Å²) in [5.41, 5.74) is 1.85. The Morgan fingerprint density at radius 2 is 2.00 bits per heavy atom. The van der Waals surface area contributed by atoms with Crippen LogP contribution in [-0.2, 0) is 14.3 Å². The van der Waals surface area contributed by atoms with Crippen LogP contribution >= 0.6 is 0 Å². The van der Waals surface area contributed by atoms with Crippen LogP contribution in [0.15, 0.2) is 24.3 Å². The van der Waals surface area contributed by atoms with Gasteiger partial charge >= 0.3 is 5.97 Å². The zero-order chi connectivity index (χ0) is 14.7. The zero-order valence-electron chi connectivity index (χ0n) is 12.2. The molecule has 0 radical (unpaired) electrons. The number of carbonyl (C=O) groups excluding carboxylic acids is 2. The molecular weight excluding hydrogens is 254 g/mol. The Hall–Kier alpha value is -1.84. The fraction of sp³-hybridized carbons (Fsp3) is 0.500. The van der Waals surface area contributed by atoms with Crippen molar-refractivity contribution in [2.45, 2.75) is 33.1 Å². The molecule has 1 aromatic carbocycles. The molecule has 0 aromatic heterocycles. The molecule has 108 valence electrons. The SMILES string of the molecule is CC(C)c1ccccc1NC(=O)COC(=O)[C@H]1C[C@@H]1C. The van der Waals surface area contributed by atoms with Gasteiger partial charge in [-0.25, -0.2) is 0 Å². The summed E-state index contributed by atoms with van der Waals surface area (Å²) in [7, 11) is 0. The second-order valence-electron chi connectivity index (χ2n) is 5.72. The van der Waals surface area contributed by atoms with Crippen molar-refractivity contribution in [2.24, 2.45) is 11.8 Å². The Kier molecular flexibility index (Phi) is 4.42. The van der Waals surface area contributed by atoms with E-state index in [4.69, 9.17) is 4.74 Å². The second-order valence-corrected chi connectivity index (χ2v) is 5.72. The molecule has 1 aromatic rings. The first-order chi connectivity index (χ1) is 9.49. The molecule has 0 spiro atoms. The van der Waals surface area contributed by atoms with E-state index in [2.05, 4.69) is 19.2 Å². The predicted octanol–water partition coefficient (Wildman–Crippen LogP) is 2.95. The summed E-state index contributed by atoms with van der Waals surface area (Å²) in [4.78, 5) is 23.4. The summed E-state index contributed by atoms with van der Waals surface area (Å²) < 4.78 is 5.02. The van der Waals surface area contributed by atoms with E-state index in [-0.39, 0.29) is 24.4 Å². The summed E-state index contributed by atoms with van der Waals surface area (Å²) in [6.07, 6.45) is 0.872.